The van der Waals surface area contributed by atoms with Crippen molar-refractivity contribution in [2.24, 2.45) is 0 Å². The van der Waals surface area contributed by atoms with Gasteiger partial charge in [-0.3, -0.25) is 0 Å². The molecule has 36 heavy (non-hydrogen) atoms. The van der Waals surface area contributed by atoms with Crippen molar-refractivity contribution >= 4 is 53.3 Å². The van der Waals surface area contributed by atoms with Crippen LogP contribution in [0, 0.1) is 22.7 Å². The van der Waals surface area contributed by atoms with Gasteiger partial charge in [-0.2, -0.15) is 10.5 Å². The second kappa shape index (κ2) is 7.82. The van der Waals surface area contributed by atoms with Gasteiger partial charge in [0.1, 0.15) is 6.07 Å². The highest BCUT2D eigenvalue weighted by molar-refractivity contribution is 7.25. The summed E-state index contributed by atoms with van der Waals surface area (Å²) >= 11 is 1.80. The fourth-order valence-electron chi connectivity index (χ4n) is 5.28. The predicted octanol–water partition coefficient (Wildman–Crippen LogP) is 8.56. The number of para-hydroxylation sites is 2. The molecule has 0 saturated carbocycles. The molecule has 2 aromatic heterocycles. The summed E-state index contributed by atoms with van der Waals surface area (Å²) in [7, 11) is 0. The molecule has 4 heteroatoms. The van der Waals surface area contributed by atoms with Gasteiger partial charge in [0.25, 0.3) is 0 Å². The molecule has 0 saturated heterocycles. The Kier molecular flexibility index (Phi) is 4.45. The Hall–Kier alpha value is -4.90. The van der Waals surface area contributed by atoms with Crippen LogP contribution in [-0.2, 0) is 0 Å². The minimum Gasteiger partial charge on any atom is -0.307 e. The van der Waals surface area contributed by atoms with Crippen molar-refractivity contribution in [3.63, 3.8) is 0 Å². The minimum absolute atomic E-state index is 0.606. The van der Waals surface area contributed by atoms with Crippen LogP contribution in [0.3, 0.4) is 0 Å². The lowest BCUT2D eigenvalue weighted by atomic mass is 9.98. The van der Waals surface area contributed by atoms with E-state index in [0.29, 0.717) is 11.1 Å². The number of fused-ring (bicyclic) bond motifs is 6. The fourth-order valence-corrected chi connectivity index (χ4v) is 6.37. The van der Waals surface area contributed by atoms with Crippen LogP contribution < -0.4 is 0 Å². The number of nitrogens with zero attached hydrogens (tertiary/aromatic N) is 3. The van der Waals surface area contributed by atoms with Gasteiger partial charge in [0.05, 0.1) is 33.9 Å². The molecule has 5 aromatic carbocycles. The zero-order valence-corrected chi connectivity index (χ0v) is 19.9. The number of thiophene rings is 1. The van der Waals surface area contributed by atoms with Crippen LogP contribution in [0.4, 0.5) is 0 Å². The van der Waals surface area contributed by atoms with Gasteiger partial charge < -0.3 is 4.57 Å². The first-order valence-corrected chi connectivity index (χ1v) is 12.5. The molecule has 0 aliphatic rings. The molecule has 0 radical (unpaired) electrons. The van der Waals surface area contributed by atoms with E-state index in [0.717, 1.165) is 38.6 Å². The summed E-state index contributed by atoms with van der Waals surface area (Å²) in [5, 5.41) is 24.2. The lowest BCUT2D eigenvalue weighted by Gasteiger charge is -2.16. The van der Waals surface area contributed by atoms with Crippen LogP contribution in [0.5, 0.6) is 0 Å². The molecule has 7 aromatic rings. The SMILES string of the molecule is N#Cc1ccc2c(c1)c1ccccc1n2-c1c(C#N)cccc1-c1ccc2sc3ccccc3c2c1. The van der Waals surface area contributed by atoms with E-state index in [1.165, 1.54) is 20.2 Å². The van der Waals surface area contributed by atoms with Crippen LogP contribution in [0.2, 0.25) is 0 Å². The molecule has 3 nitrogen and oxygen atoms in total. The zero-order valence-electron chi connectivity index (χ0n) is 19.1. The van der Waals surface area contributed by atoms with Crippen LogP contribution in [0.15, 0.2) is 103 Å². The van der Waals surface area contributed by atoms with Gasteiger partial charge in [-0.15, -0.1) is 11.3 Å². The van der Waals surface area contributed by atoms with Crippen molar-refractivity contribution in [1.82, 2.24) is 4.57 Å². The van der Waals surface area contributed by atoms with Crippen LogP contribution in [0.1, 0.15) is 11.1 Å². The number of aromatic nitrogens is 1. The molecule has 0 atom stereocenters. The van der Waals surface area contributed by atoms with E-state index in [1.54, 1.807) is 11.3 Å². The summed E-state index contributed by atoms with van der Waals surface area (Å²) in [6.07, 6.45) is 0. The average Bonchev–Trinajstić information content (AvgIpc) is 3.47. The summed E-state index contributed by atoms with van der Waals surface area (Å²) in [5.41, 5.74) is 6.13. The monoisotopic (exact) mass is 475 g/mol. The molecule has 0 fully saturated rings. The Morgan fingerprint density at radius 3 is 2.22 bits per heavy atom. The summed E-state index contributed by atoms with van der Waals surface area (Å²) in [4.78, 5) is 0. The van der Waals surface area contributed by atoms with E-state index in [-0.39, 0.29) is 0 Å². The molecule has 0 unspecified atom stereocenters. The van der Waals surface area contributed by atoms with Crippen molar-refractivity contribution in [3.8, 4) is 29.0 Å². The smallest absolute Gasteiger partial charge is 0.101 e. The summed E-state index contributed by atoms with van der Waals surface area (Å²) < 4.78 is 4.69. The van der Waals surface area contributed by atoms with E-state index in [2.05, 4.69) is 77.4 Å². The predicted molar refractivity (Wildman–Crippen MR) is 149 cm³/mol. The summed E-state index contributed by atoms with van der Waals surface area (Å²) in [6.45, 7) is 0. The molecule has 166 valence electrons. The topological polar surface area (TPSA) is 52.5 Å². The van der Waals surface area contributed by atoms with Crippen molar-refractivity contribution in [3.05, 3.63) is 114 Å². The highest BCUT2D eigenvalue weighted by Gasteiger charge is 2.19. The standard InChI is InChI=1S/C32H17N3S/c33-18-20-12-14-29-26(16-20)24-7-1-3-10-28(24)35(29)32-22(19-34)6-5-9-23(32)21-13-15-31-27(17-21)25-8-2-4-11-30(25)36-31/h1-17H. The molecule has 7 rings (SSSR count). The molecular formula is C32H17N3S. The Labute approximate surface area is 211 Å². The van der Waals surface area contributed by atoms with Crippen molar-refractivity contribution < 1.29 is 0 Å². The van der Waals surface area contributed by atoms with Gasteiger partial charge in [-0.1, -0.05) is 54.6 Å². The number of hydrogen-bond donors (Lipinski definition) is 0. The Bertz CT molecular complexity index is 2080. The molecular weight excluding hydrogens is 458 g/mol. The van der Waals surface area contributed by atoms with Gasteiger partial charge >= 0.3 is 0 Å². The highest BCUT2D eigenvalue weighted by atomic mass is 32.1. The maximum atomic E-state index is 10.2. The van der Waals surface area contributed by atoms with Gasteiger partial charge in [0, 0.05) is 36.5 Å². The first-order chi connectivity index (χ1) is 17.8. The van der Waals surface area contributed by atoms with Gasteiger partial charge in [-0.25, -0.2) is 0 Å². The van der Waals surface area contributed by atoms with E-state index in [1.807, 2.05) is 42.5 Å². The minimum atomic E-state index is 0.606. The first-order valence-electron chi connectivity index (χ1n) is 11.7. The van der Waals surface area contributed by atoms with Gasteiger partial charge in [-0.05, 0) is 54.1 Å². The molecule has 2 heterocycles. The second-order valence-electron chi connectivity index (χ2n) is 8.82. The average molecular weight is 476 g/mol. The maximum absolute atomic E-state index is 10.2. The molecule has 0 amide bonds. The Morgan fingerprint density at radius 2 is 1.36 bits per heavy atom. The quantitative estimate of drug-likeness (QED) is 0.251. The van der Waals surface area contributed by atoms with Crippen molar-refractivity contribution in [2.45, 2.75) is 0 Å². The maximum Gasteiger partial charge on any atom is 0.101 e. The second-order valence-corrected chi connectivity index (χ2v) is 9.90. The van der Waals surface area contributed by atoms with Gasteiger partial charge in [0.2, 0.25) is 0 Å². The largest absolute Gasteiger partial charge is 0.307 e. The third-order valence-corrected chi connectivity index (χ3v) is 8.02. The summed E-state index contributed by atoms with van der Waals surface area (Å²) in [5.74, 6) is 0. The van der Waals surface area contributed by atoms with E-state index in [9.17, 15) is 10.5 Å². The molecule has 0 aliphatic carbocycles. The molecule has 0 N–H and O–H groups in total. The van der Waals surface area contributed by atoms with Crippen LogP contribution >= 0.6 is 11.3 Å². The molecule has 0 aliphatic heterocycles. The van der Waals surface area contributed by atoms with Gasteiger partial charge in [0.15, 0.2) is 0 Å². The van der Waals surface area contributed by atoms with Crippen LogP contribution in [-0.4, -0.2) is 4.57 Å². The van der Waals surface area contributed by atoms with E-state index < -0.39 is 0 Å². The molecule has 0 bridgehead atoms. The number of rotatable bonds is 2. The fraction of sp³-hybridized carbons (Fsp3) is 0. The molecule has 0 spiro atoms. The Balaban J connectivity index is 1.59. The third-order valence-electron chi connectivity index (χ3n) is 6.87. The van der Waals surface area contributed by atoms with Crippen LogP contribution in [0.25, 0.3) is 58.8 Å². The number of benzene rings is 5. The number of hydrogen-bond acceptors (Lipinski definition) is 3. The van der Waals surface area contributed by atoms with Crippen molar-refractivity contribution in [2.75, 3.05) is 0 Å². The third kappa shape index (κ3) is 2.89. The van der Waals surface area contributed by atoms with Crippen molar-refractivity contribution in [1.29, 1.82) is 10.5 Å². The normalized spacial score (nSPS) is 11.3. The summed E-state index contributed by atoms with van der Waals surface area (Å²) in [6, 6.07) is 39.6. The zero-order chi connectivity index (χ0) is 24.2. The Morgan fingerprint density at radius 1 is 0.583 bits per heavy atom. The number of nitriles is 2. The first kappa shape index (κ1) is 20.5. The lowest BCUT2D eigenvalue weighted by molar-refractivity contribution is 1.17. The van der Waals surface area contributed by atoms with E-state index >= 15 is 0 Å². The highest BCUT2D eigenvalue weighted by Crippen LogP contribution is 2.41. The lowest BCUT2D eigenvalue weighted by Crippen LogP contribution is -2.00. The van der Waals surface area contributed by atoms with E-state index in [4.69, 9.17) is 0 Å².